The number of hydrogen-bond acceptors (Lipinski definition) is 7. The van der Waals surface area contributed by atoms with Crippen LogP contribution in [-0.2, 0) is 32.2 Å². The lowest BCUT2D eigenvalue weighted by atomic mass is 10.1. The number of aromatic nitrogens is 1. The highest BCUT2D eigenvalue weighted by molar-refractivity contribution is 9.10. The van der Waals surface area contributed by atoms with Gasteiger partial charge in [0.15, 0.2) is 0 Å². The van der Waals surface area contributed by atoms with E-state index in [9.17, 15) is 19.2 Å². The van der Waals surface area contributed by atoms with Crippen molar-refractivity contribution in [3.8, 4) is 0 Å². The number of furan rings is 1. The monoisotopic (exact) mass is 586 g/mol. The van der Waals surface area contributed by atoms with Crippen LogP contribution in [0.15, 0.2) is 56.6 Å². The second-order valence-corrected chi connectivity index (χ2v) is 10.4. The van der Waals surface area contributed by atoms with E-state index in [4.69, 9.17) is 9.15 Å². The van der Waals surface area contributed by atoms with E-state index in [0.717, 1.165) is 32.0 Å². The first-order valence-corrected chi connectivity index (χ1v) is 13.2. The highest BCUT2D eigenvalue weighted by Crippen LogP contribution is 2.35. The second kappa shape index (κ2) is 11.0. The molecule has 4 heterocycles. The minimum absolute atomic E-state index is 0.0577. The Hall–Kier alpha value is -3.35. The number of carbonyl (C=O) groups excluding carboxylic acids is 4. The number of imide groups is 1. The molecule has 12 heteroatoms. The van der Waals surface area contributed by atoms with Gasteiger partial charge in [-0.3, -0.25) is 24.1 Å². The number of thioether (sulfide) groups is 1. The Morgan fingerprint density at radius 1 is 1.14 bits per heavy atom. The zero-order valence-electron chi connectivity index (χ0n) is 19.6. The van der Waals surface area contributed by atoms with Gasteiger partial charge in [-0.1, -0.05) is 15.9 Å². The van der Waals surface area contributed by atoms with Gasteiger partial charge in [-0.2, -0.15) is 0 Å². The highest BCUT2D eigenvalue weighted by Gasteiger charge is 2.37. The lowest BCUT2D eigenvalue weighted by Crippen LogP contribution is -2.46. The Labute approximate surface area is 224 Å². The number of rotatable bonds is 7. The molecule has 0 unspecified atom stereocenters. The Kier molecular flexibility index (Phi) is 7.49. The zero-order valence-corrected chi connectivity index (χ0v) is 22.0. The van der Waals surface area contributed by atoms with Gasteiger partial charge in [-0.15, -0.1) is 0 Å². The van der Waals surface area contributed by atoms with Crippen LogP contribution in [0.1, 0.15) is 11.3 Å². The topological polar surface area (TPSA) is 114 Å². The number of fused-ring (bicyclic) bond motifs is 1. The Bertz CT molecular complexity index is 1390. The summed E-state index contributed by atoms with van der Waals surface area (Å²) in [5.41, 5.74) is 1.48. The third-order valence-corrected chi connectivity index (χ3v) is 7.45. The molecule has 0 saturated carbocycles. The van der Waals surface area contributed by atoms with Gasteiger partial charge < -0.3 is 23.9 Å². The third-order valence-electron chi connectivity index (χ3n) is 6.05. The van der Waals surface area contributed by atoms with Gasteiger partial charge in [0.25, 0.3) is 11.1 Å². The average molecular weight is 587 g/mol. The van der Waals surface area contributed by atoms with Gasteiger partial charge in [0.05, 0.1) is 30.9 Å². The molecule has 0 spiro atoms. The van der Waals surface area contributed by atoms with Crippen LogP contribution >= 0.6 is 27.7 Å². The third kappa shape index (κ3) is 5.65. The highest BCUT2D eigenvalue weighted by atomic mass is 79.9. The van der Waals surface area contributed by atoms with Crippen molar-refractivity contribution in [3.63, 3.8) is 0 Å². The smallest absolute Gasteiger partial charge is 0.294 e. The Morgan fingerprint density at radius 3 is 2.70 bits per heavy atom. The number of halogens is 1. The van der Waals surface area contributed by atoms with Crippen LogP contribution in [0, 0.1) is 0 Å². The van der Waals surface area contributed by atoms with Gasteiger partial charge in [-0.05, 0) is 48.2 Å². The molecular formula is C25H23BrN4O6S. The van der Waals surface area contributed by atoms with Gasteiger partial charge >= 0.3 is 0 Å². The molecule has 2 aliphatic heterocycles. The lowest BCUT2D eigenvalue weighted by Gasteiger charge is -2.28. The number of nitrogens with one attached hydrogen (secondary N) is 1. The molecule has 192 valence electrons. The van der Waals surface area contributed by atoms with Crippen molar-refractivity contribution in [2.24, 2.45) is 0 Å². The molecule has 2 saturated heterocycles. The SMILES string of the molecule is O=C(Cn1cc(/C=C2\SC(=O)N(CC(=O)N3CCOCC3)C2=O)c2cc(Br)ccc21)NCc1ccco1. The summed E-state index contributed by atoms with van der Waals surface area (Å²) in [5, 5.41) is 3.15. The quantitative estimate of drug-likeness (QED) is 0.423. The minimum Gasteiger partial charge on any atom is -0.467 e. The number of ether oxygens (including phenoxy) is 1. The normalized spacial score (nSPS) is 17.3. The second-order valence-electron chi connectivity index (χ2n) is 8.49. The van der Waals surface area contributed by atoms with Crippen molar-refractivity contribution in [3.05, 3.63) is 63.5 Å². The predicted molar refractivity (Wildman–Crippen MR) is 140 cm³/mol. The molecule has 3 aromatic rings. The first-order chi connectivity index (χ1) is 17.9. The van der Waals surface area contributed by atoms with Crippen LogP contribution < -0.4 is 5.32 Å². The van der Waals surface area contributed by atoms with E-state index in [1.165, 1.54) is 0 Å². The first-order valence-electron chi connectivity index (χ1n) is 11.6. The van der Waals surface area contributed by atoms with Gasteiger partial charge in [0, 0.05) is 40.2 Å². The van der Waals surface area contributed by atoms with Gasteiger partial charge in [0.1, 0.15) is 18.8 Å². The molecule has 2 aromatic heterocycles. The summed E-state index contributed by atoms with van der Waals surface area (Å²) in [6, 6.07) is 9.18. The summed E-state index contributed by atoms with van der Waals surface area (Å²) in [7, 11) is 0. The summed E-state index contributed by atoms with van der Waals surface area (Å²) in [6.07, 6.45) is 4.96. The van der Waals surface area contributed by atoms with E-state index in [2.05, 4.69) is 21.2 Å². The molecule has 5 rings (SSSR count). The van der Waals surface area contributed by atoms with Crippen molar-refractivity contribution in [2.45, 2.75) is 13.1 Å². The van der Waals surface area contributed by atoms with Crippen molar-refractivity contribution >= 4 is 67.6 Å². The van der Waals surface area contributed by atoms with Crippen molar-refractivity contribution in [1.82, 2.24) is 19.7 Å². The molecule has 2 fully saturated rings. The molecule has 0 radical (unpaired) electrons. The van der Waals surface area contributed by atoms with Gasteiger partial charge in [0.2, 0.25) is 11.8 Å². The fourth-order valence-corrected chi connectivity index (χ4v) is 5.37. The molecule has 0 bridgehead atoms. The fourth-order valence-electron chi connectivity index (χ4n) is 4.18. The molecule has 10 nitrogen and oxygen atoms in total. The van der Waals surface area contributed by atoms with Crippen LogP contribution in [-0.4, -0.2) is 70.2 Å². The number of carbonyl (C=O) groups is 4. The first kappa shape index (κ1) is 25.3. The Balaban J connectivity index is 1.35. The number of hydrogen-bond donors (Lipinski definition) is 1. The number of amides is 4. The van der Waals surface area contributed by atoms with Crippen LogP contribution in [0.2, 0.25) is 0 Å². The predicted octanol–water partition coefficient (Wildman–Crippen LogP) is 3.21. The molecule has 0 aliphatic carbocycles. The molecule has 37 heavy (non-hydrogen) atoms. The van der Waals surface area contributed by atoms with E-state index >= 15 is 0 Å². The average Bonchev–Trinajstić information content (AvgIpc) is 3.59. The van der Waals surface area contributed by atoms with E-state index in [-0.39, 0.29) is 36.4 Å². The summed E-state index contributed by atoms with van der Waals surface area (Å²) < 4.78 is 13.1. The van der Waals surface area contributed by atoms with Gasteiger partial charge in [-0.25, -0.2) is 0 Å². The molecule has 1 N–H and O–H groups in total. The number of benzene rings is 1. The molecule has 1 aromatic carbocycles. The Morgan fingerprint density at radius 2 is 1.95 bits per heavy atom. The fraction of sp³-hybridized carbons (Fsp3) is 0.280. The van der Waals surface area contributed by atoms with E-state index in [1.54, 1.807) is 40.1 Å². The largest absolute Gasteiger partial charge is 0.467 e. The van der Waals surface area contributed by atoms with Crippen LogP contribution in [0.25, 0.3) is 17.0 Å². The maximum Gasteiger partial charge on any atom is 0.294 e. The maximum atomic E-state index is 13.1. The summed E-state index contributed by atoms with van der Waals surface area (Å²) in [4.78, 5) is 53.6. The van der Waals surface area contributed by atoms with Crippen LogP contribution in [0.3, 0.4) is 0 Å². The molecular weight excluding hydrogens is 564 g/mol. The van der Waals surface area contributed by atoms with Crippen molar-refractivity contribution in [2.75, 3.05) is 32.8 Å². The zero-order chi connectivity index (χ0) is 25.9. The minimum atomic E-state index is -0.510. The van der Waals surface area contributed by atoms with Crippen LogP contribution in [0.4, 0.5) is 4.79 Å². The number of morpholine rings is 1. The summed E-state index contributed by atoms with van der Waals surface area (Å²) in [6.45, 7) is 1.79. The molecule has 4 amide bonds. The van der Waals surface area contributed by atoms with Crippen molar-refractivity contribution < 1.29 is 28.3 Å². The summed E-state index contributed by atoms with van der Waals surface area (Å²) in [5.74, 6) is -0.348. The summed E-state index contributed by atoms with van der Waals surface area (Å²) >= 11 is 4.28. The lowest BCUT2D eigenvalue weighted by molar-refractivity contribution is -0.139. The van der Waals surface area contributed by atoms with Crippen LogP contribution in [0.5, 0.6) is 0 Å². The van der Waals surface area contributed by atoms with E-state index in [1.807, 2.05) is 18.2 Å². The molecule has 0 atom stereocenters. The molecule has 2 aliphatic rings. The van der Waals surface area contributed by atoms with E-state index < -0.39 is 11.1 Å². The standard InChI is InChI=1S/C25H23BrN4O6S/c26-17-3-4-20-19(11-17)16(13-29(20)14-22(31)27-12-18-2-1-7-36-18)10-21-24(33)30(25(34)37-21)15-23(32)28-5-8-35-9-6-28/h1-4,7,10-11,13H,5-6,8-9,12,14-15H2,(H,27,31)/b21-10-. The van der Waals surface area contributed by atoms with Crippen molar-refractivity contribution in [1.29, 1.82) is 0 Å². The number of nitrogens with zero attached hydrogens (tertiary/aromatic N) is 3. The van der Waals surface area contributed by atoms with E-state index in [0.29, 0.717) is 37.6 Å². The maximum absolute atomic E-state index is 13.1.